The Labute approximate surface area is 141 Å². The van der Waals surface area contributed by atoms with E-state index < -0.39 is 12.0 Å². The van der Waals surface area contributed by atoms with Gasteiger partial charge in [-0.1, -0.05) is 55.9 Å². The van der Waals surface area contributed by atoms with Gasteiger partial charge in [-0.2, -0.15) is 0 Å². The average molecular weight is 337 g/mol. The first-order valence-corrected chi connectivity index (χ1v) is 8.52. The molecule has 0 saturated heterocycles. The second-order valence-electron chi connectivity index (χ2n) is 5.74. The van der Waals surface area contributed by atoms with E-state index in [9.17, 15) is 19.5 Å². The number of hydrogen-bond donors (Lipinski definition) is 1. The van der Waals surface area contributed by atoms with Crippen LogP contribution in [0.25, 0.3) is 0 Å². The van der Waals surface area contributed by atoms with E-state index in [0.29, 0.717) is 17.7 Å². The standard InChI is InChI=1S/C17H23NO4S/c1-12(2)11-14(16(20)21)18(3)15(19)9-10-23-17(22)13-7-5-4-6-8-13/h4-8,12,14H,9-11H2,1-3H3,(H,20,21)/t14-/m0/s1. The molecular weight excluding hydrogens is 314 g/mol. The molecular formula is C17H23NO4S. The quantitative estimate of drug-likeness (QED) is 0.789. The Morgan fingerprint density at radius 1 is 1.17 bits per heavy atom. The highest BCUT2D eigenvalue weighted by molar-refractivity contribution is 8.14. The van der Waals surface area contributed by atoms with Crippen molar-refractivity contribution in [3.05, 3.63) is 35.9 Å². The molecule has 0 heterocycles. The van der Waals surface area contributed by atoms with Crippen LogP contribution in [-0.4, -0.2) is 45.8 Å². The summed E-state index contributed by atoms with van der Waals surface area (Å²) < 4.78 is 0. The fraction of sp³-hybridized carbons (Fsp3) is 0.471. The van der Waals surface area contributed by atoms with E-state index in [1.54, 1.807) is 24.3 Å². The van der Waals surface area contributed by atoms with E-state index in [1.807, 2.05) is 19.9 Å². The number of thioether (sulfide) groups is 1. The zero-order chi connectivity index (χ0) is 17.4. The first-order valence-electron chi connectivity index (χ1n) is 7.53. The molecule has 23 heavy (non-hydrogen) atoms. The topological polar surface area (TPSA) is 74.7 Å². The number of carboxylic acids is 1. The zero-order valence-electron chi connectivity index (χ0n) is 13.7. The number of likely N-dealkylation sites (N-methyl/N-ethyl adjacent to an activating group) is 1. The number of carbonyl (C=O) groups excluding carboxylic acids is 2. The number of carbonyl (C=O) groups is 3. The lowest BCUT2D eigenvalue weighted by Crippen LogP contribution is -2.43. The van der Waals surface area contributed by atoms with Crippen molar-refractivity contribution in [2.45, 2.75) is 32.7 Å². The summed E-state index contributed by atoms with van der Waals surface area (Å²) in [6, 6.07) is 8.04. The van der Waals surface area contributed by atoms with Crippen LogP contribution < -0.4 is 0 Å². The lowest BCUT2D eigenvalue weighted by atomic mass is 10.0. The molecule has 1 aromatic rings. The minimum atomic E-state index is -0.998. The van der Waals surface area contributed by atoms with Gasteiger partial charge in [-0.05, 0) is 12.3 Å². The van der Waals surface area contributed by atoms with Crippen molar-refractivity contribution in [1.29, 1.82) is 0 Å². The molecule has 1 aromatic carbocycles. The van der Waals surface area contributed by atoms with E-state index in [2.05, 4.69) is 0 Å². The Kier molecular flexibility index (Phi) is 7.81. The second kappa shape index (κ2) is 9.35. The van der Waals surface area contributed by atoms with Gasteiger partial charge in [0.05, 0.1) is 0 Å². The first-order chi connectivity index (χ1) is 10.8. The fourth-order valence-electron chi connectivity index (χ4n) is 2.11. The third kappa shape index (κ3) is 6.44. The van der Waals surface area contributed by atoms with Gasteiger partial charge in [0.25, 0.3) is 0 Å². The monoisotopic (exact) mass is 337 g/mol. The largest absolute Gasteiger partial charge is 0.480 e. The van der Waals surface area contributed by atoms with Gasteiger partial charge in [0.15, 0.2) is 0 Å². The molecule has 0 fully saturated rings. The maximum absolute atomic E-state index is 12.1. The van der Waals surface area contributed by atoms with Gasteiger partial charge in [0, 0.05) is 24.8 Å². The molecule has 126 valence electrons. The van der Waals surface area contributed by atoms with Crippen LogP contribution in [-0.2, 0) is 9.59 Å². The van der Waals surface area contributed by atoms with Gasteiger partial charge in [-0.25, -0.2) is 4.79 Å². The molecule has 6 heteroatoms. The van der Waals surface area contributed by atoms with E-state index in [-0.39, 0.29) is 23.4 Å². The third-order valence-electron chi connectivity index (χ3n) is 3.40. The van der Waals surface area contributed by atoms with Crippen molar-refractivity contribution >= 4 is 28.8 Å². The lowest BCUT2D eigenvalue weighted by Gasteiger charge is -2.26. The minimum Gasteiger partial charge on any atom is -0.480 e. The van der Waals surface area contributed by atoms with Crippen LogP contribution >= 0.6 is 11.8 Å². The molecule has 5 nitrogen and oxygen atoms in total. The number of nitrogens with zero attached hydrogens (tertiary/aromatic N) is 1. The molecule has 0 unspecified atom stereocenters. The summed E-state index contributed by atoms with van der Waals surface area (Å²) in [6.45, 7) is 3.84. The Balaban J connectivity index is 2.49. The van der Waals surface area contributed by atoms with Crippen LogP contribution in [0.15, 0.2) is 30.3 Å². The van der Waals surface area contributed by atoms with E-state index >= 15 is 0 Å². The van der Waals surface area contributed by atoms with Gasteiger partial charge in [0.1, 0.15) is 6.04 Å². The predicted molar refractivity (Wildman–Crippen MR) is 91.5 cm³/mol. The molecule has 0 spiro atoms. The molecule has 0 aliphatic rings. The number of benzene rings is 1. The summed E-state index contributed by atoms with van der Waals surface area (Å²) in [5.41, 5.74) is 0.599. The lowest BCUT2D eigenvalue weighted by molar-refractivity contribution is -0.149. The smallest absolute Gasteiger partial charge is 0.326 e. The summed E-state index contributed by atoms with van der Waals surface area (Å²) in [5, 5.41) is 9.17. The van der Waals surface area contributed by atoms with E-state index in [1.165, 1.54) is 11.9 Å². The summed E-state index contributed by atoms with van der Waals surface area (Å²) >= 11 is 1.08. The van der Waals surface area contributed by atoms with Crippen molar-refractivity contribution in [1.82, 2.24) is 4.90 Å². The Bertz CT molecular complexity index is 545. The van der Waals surface area contributed by atoms with Crippen molar-refractivity contribution < 1.29 is 19.5 Å². The normalized spacial score (nSPS) is 12.0. The van der Waals surface area contributed by atoms with Crippen LogP contribution in [0.4, 0.5) is 0 Å². The maximum Gasteiger partial charge on any atom is 0.326 e. The highest BCUT2D eigenvalue weighted by Gasteiger charge is 2.27. The molecule has 0 radical (unpaired) electrons. The van der Waals surface area contributed by atoms with Crippen LogP contribution in [0.2, 0.25) is 0 Å². The average Bonchev–Trinajstić information content (AvgIpc) is 2.52. The highest BCUT2D eigenvalue weighted by atomic mass is 32.2. The predicted octanol–water partition coefficient (Wildman–Crippen LogP) is 2.91. The van der Waals surface area contributed by atoms with Crippen LogP contribution in [0.3, 0.4) is 0 Å². The van der Waals surface area contributed by atoms with Crippen molar-refractivity contribution in [2.75, 3.05) is 12.8 Å². The molecule has 1 rings (SSSR count). The molecule has 0 aliphatic carbocycles. The zero-order valence-corrected chi connectivity index (χ0v) is 14.5. The van der Waals surface area contributed by atoms with Gasteiger partial charge in [0.2, 0.25) is 11.0 Å². The molecule has 1 amide bonds. The van der Waals surface area contributed by atoms with Gasteiger partial charge >= 0.3 is 5.97 Å². The molecule has 1 N–H and O–H groups in total. The van der Waals surface area contributed by atoms with Crippen molar-refractivity contribution in [2.24, 2.45) is 5.92 Å². The van der Waals surface area contributed by atoms with Crippen molar-refractivity contribution in [3.8, 4) is 0 Å². The van der Waals surface area contributed by atoms with Gasteiger partial charge < -0.3 is 10.0 Å². The SMILES string of the molecule is CC(C)C[C@@H](C(=O)O)N(C)C(=O)CCSC(=O)c1ccccc1. The molecule has 0 bridgehead atoms. The number of carboxylic acid groups (broad SMARTS) is 1. The number of aliphatic carboxylic acids is 1. The van der Waals surface area contributed by atoms with Crippen LogP contribution in [0.1, 0.15) is 37.0 Å². The third-order valence-corrected chi connectivity index (χ3v) is 4.31. The Morgan fingerprint density at radius 2 is 1.78 bits per heavy atom. The van der Waals surface area contributed by atoms with Crippen LogP contribution in [0.5, 0.6) is 0 Å². The highest BCUT2D eigenvalue weighted by Crippen LogP contribution is 2.16. The summed E-state index contributed by atoms with van der Waals surface area (Å²) in [4.78, 5) is 36.6. The van der Waals surface area contributed by atoms with Crippen LogP contribution in [0, 0.1) is 5.92 Å². The van der Waals surface area contributed by atoms with Gasteiger partial charge in [-0.15, -0.1) is 0 Å². The second-order valence-corrected chi connectivity index (χ2v) is 6.81. The summed E-state index contributed by atoms with van der Waals surface area (Å²) in [5.74, 6) is -0.736. The molecule has 0 aromatic heterocycles. The number of hydrogen-bond acceptors (Lipinski definition) is 4. The molecule has 1 atom stereocenters. The summed E-state index contributed by atoms with van der Waals surface area (Å²) in [7, 11) is 1.51. The first kappa shape index (κ1) is 19.2. The van der Waals surface area contributed by atoms with E-state index in [0.717, 1.165) is 11.8 Å². The molecule has 0 saturated carbocycles. The van der Waals surface area contributed by atoms with Gasteiger partial charge in [-0.3, -0.25) is 9.59 Å². The van der Waals surface area contributed by atoms with Crippen molar-refractivity contribution in [3.63, 3.8) is 0 Å². The Hall–Kier alpha value is -1.82. The minimum absolute atomic E-state index is 0.0852. The fourth-order valence-corrected chi connectivity index (χ4v) is 2.87. The summed E-state index contributed by atoms with van der Waals surface area (Å²) in [6.07, 6.45) is 0.551. The number of rotatable bonds is 8. The van der Waals surface area contributed by atoms with E-state index in [4.69, 9.17) is 0 Å². The molecule has 0 aliphatic heterocycles. The maximum atomic E-state index is 12.1. The Morgan fingerprint density at radius 3 is 2.30 bits per heavy atom. The number of amides is 1.